The van der Waals surface area contributed by atoms with E-state index in [4.69, 9.17) is 9.47 Å². The molecule has 4 heterocycles. The molecule has 1 N–H and O–H groups in total. The number of ether oxygens (including phenoxy) is 2. The third-order valence-electron chi connectivity index (χ3n) is 8.42. The van der Waals surface area contributed by atoms with Crippen LogP contribution in [0.25, 0.3) is 31.5 Å². The fourth-order valence-electron chi connectivity index (χ4n) is 5.71. The van der Waals surface area contributed by atoms with E-state index in [0.29, 0.717) is 38.5 Å². The summed E-state index contributed by atoms with van der Waals surface area (Å²) >= 11 is 1.77. The molecule has 49 heavy (non-hydrogen) atoms. The normalized spacial score (nSPS) is 23.9. The standard InChI is InChI=1S/C31H22F11NO4S2/c1-14-17(21-24(32)28(35,36)31(41,42)27(21,33)34)13-19(48-14)18-12-16(7-11-47-20-4-2-3-10-46-20)23(49-18)15-5-8-43(9-6-15)22-25(44)29(37,38)30(39,40)26(22)45/h5-6,8-9,12-13,20H,2-4,7,10-11H2,1H3/p+1. The van der Waals surface area contributed by atoms with Crippen molar-refractivity contribution in [2.24, 2.45) is 0 Å². The maximum absolute atomic E-state index is 14.6. The number of hydrogen-bond acceptors (Lipinski definition) is 6. The van der Waals surface area contributed by atoms with Crippen molar-refractivity contribution in [1.82, 2.24) is 0 Å². The second-order valence-electron chi connectivity index (χ2n) is 11.5. The molecule has 1 fully saturated rings. The maximum Gasteiger partial charge on any atom is 0.385 e. The molecule has 3 aliphatic rings. The fraction of sp³-hybridized carbons (Fsp3) is 0.419. The summed E-state index contributed by atoms with van der Waals surface area (Å²) in [6, 6.07) is 5.02. The van der Waals surface area contributed by atoms with Crippen LogP contribution < -0.4 is 4.57 Å². The second kappa shape index (κ2) is 11.9. The highest BCUT2D eigenvalue weighted by atomic mass is 32.1. The minimum Gasteiger partial charge on any atom is -0.501 e. The van der Waals surface area contributed by atoms with E-state index >= 15 is 0 Å². The number of hydrogen-bond donors (Lipinski definition) is 1. The Bertz CT molecular complexity index is 1870. The molecule has 0 bridgehead atoms. The number of ketones is 1. The summed E-state index contributed by atoms with van der Waals surface area (Å²) in [5.41, 5.74) is -3.38. The highest BCUT2D eigenvalue weighted by molar-refractivity contribution is 7.24. The van der Waals surface area contributed by atoms with Crippen molar-refractivity contribution in [1.29, 1.82) is 0 Å². The summed E-state index contributed by atoms with van der Waals surface area (Å²) in [7, 11) is 0. The van der Waals surface area contributed by atoms with Gasteiger partial charge in [0.05, 0.1) is 12.2 Å². The lowest BCUT2D eigenvalue weighted by Gasteiger charge is -2.24. The van der Waals surface area contributed by atoms with Gasteiger partial charge in [0.2, 0.25) is 5.76 Å². The van der Waals surface area contributed by atoms with Gasteiger partial charge in [0.1, 0.15) is 0 Å². The van der Waals surface area contributed by atoms with Gasteiger partial charge in [-0.05, 0) is 50.3 Å². The van der Waals surface area contributed by atoms with Gasteiger partial charge in [0.15, 0.2) is 24.5 Å². The molecule has 264 valence electrons. The number of rotatable bonds is 8. The summed E-state index contributed by atoms with van der Waals surface area (Å²) in [6.45, 7) is 1.80. The molecule has 1 saturated heterocycles. The summed E-state index contributed by atoms with van der Waals surface area (Å²) in [5.74, 6) is -34.9. The smallest absolute Gasteiger partial charge is 0.385 e. The molecule has 18 heteroatoms. The van der Waals surface area contributed by atoms with Gasteiger partial charge in [0, 0.05) is 49.4 Å². The largest absolute Gasteiger partial charge is 0.501 e. The van der Waals surface area contributed by atoms with Crippen LogP contribution in [0.4, 0.5) is 48.3 Å². The quantitative estimate of drug-likeness (QED) is 0.185. The molecule has 0 saturated carbocycles. The molecule has 5 nitrogen and oxygen atoms in total. The number of aryl methyl sites for hydroxylation is 1. The number of aromatic nitrogens is 1. The van der Waals surface area contributed by atoms with Crippen molar-refractivity contribution in [2.45, 2.75) is 68.5 Å². The number of aliphatic hydroxyl groups excluding tert-OH is 1. The van der Waals surface area contributed by atoms with Crippen LogP contribution in [-0.2, 0) is 20.7 Å². The molecule has 0 aromatic carbocycles. The van der Waals surface area contributed by atoms with E-state index in [1.165, 1.54) is 19.1 Å². The lowest BCUT2D eigenvalue weighted by Crippen LogP contribution is -2.48. The third-order valence-corrected chi connectivity index (χ3v) is 10.9. The Morgan fingerprint density at radius 3 is 2.12 bits per heavy atom. The van der Waals surface area contributed by atoms with Gasteiger partial charge in [-0.3, -0.25) is 4.79 Å². The third kappa shape index (κ3) is 5.31. The minimum atomic E-state index is -6.01. The molecule has 1 aliphatic heterocycles. The molecule has 1 atom stereocenters. The van der Waals surface area contributed by atoms with Gasteiger partial charge in [-0.1, -0.05) is 0 Å². The summed E-state index contributed by atoms with van der Waals surface area (Å²) < 4.78 is 167. The van der Waals surface area contributed by atoms with Crippen LogP contribution >= 0.6 is 22.7 Å². The van der Waals surface area contributed by atoms with Crippen molar-refractivity contribution < 1.29 is 72.2 Å². The van der Waals surface area contributed by atoms with E-state index in [9.17, 15) is 58.2 Å². The van der Waals surface area contributed by atoms with Crippen molar-refractivity contribution in [2.75, 3.05) is 13.2 Å². The molecular weight excluding hydrogens is 723 g/mol. The van der Waals surface area contributed by atoms with Gasteiger partial charge in [-0.15, -0.1) is 22.7 Å². The lowest BCUT2D eigenvalue weighted by molar-refractivity contribution is -0.578. The van der Waals surface area contributed by atoms with E-state index < -0.39 is 70.1 Å². The molecule has 3 aromatic rings. The van der Waals surface area contributed by atoms with Gasteiger partial charge < -0.3 is 14.6 Å². The predicted octanol–water partition coefficient (Wildman–Crippen LogP) is 9.01. The number of halogens is 11. The topological polar surface area (TPSA) is 59.6 Å². The minimum absolute atomic E-state index is 0.114. The average molecular weight is 747 g/mol. The SMILES string of the molecule is Cc1sc(-c2cc(CCOC3CCCCO3)c(-c3cc[n+](C4=C(O)C(F)(F)C(F)(F)C4=O)cc3)s2)cc1C1=C(F)C(F)(F)C(F)(F)C1(F)F. The Balaban J connectivity index is 1.37. The Kier molecular flexibility index (Phi) is 8.60. The van der Waals surface area contributed by atoms with Gasteiger partial charge >= 0.3 is 41.1 Å². The van der Waals surface area contributed by atoms with Crippen LogP contribution in [0.2, 0.25) is 0 Å². The second-order valence-corrected chi connectivity index (χ2v) is 13.9. The van der Waals surface area contributed by atoms with Crippen LogP contribution in [0.5, 0.6) is 0 Å². The van der Waals surface area contributed by atoms with E-state index in [-0.39, 0.29) is 22.8 Å². The molecule has 1 unspecified atom stereocenters. The fourth-order valence-corrected chi connectivity index (χ4v) is 8.03. The molecule has 0 radical (unpaired) electrons. The van der Waals surface area contributed by atoms with Gasteiger partial charge in [0.25, 0.3) is 0 Å². The van der Waals surface area contributed by atoms with Crippen LogP contribution in [-0.4, -0.2) is 60.0 Å². The Morgan fingerprint density at radius 1 is 0.918 bits per heavy atom. The van der Waals surface area contributed by atoms with E-state index in [0.717, 1.165) is 54.0 Å². The number of Topliss-reactive ketones (excluding diaryl/α,β-unsaturated/α-hetero) is 1. The first-order valence-corrected chi connectivity index (χ1v) is 16.2. The Hall–Kier alpha value is -3.35. The van der Waals surface area contributed by atoms with Crippen LogP contribution in [0.1, 0.15) is 35.3 Å². The van der Waals surface area contributed by atoms with Crippen LogP contribution in [0.3, 0.4) is 0 Å². The molecule has 2 aliphatic carbocycles. The number of alkyl halides is 10. The predicted molar refractivity (Wildman–Crippen MR) is 155 cm³/mol. The molecule has 6 rings (SSSR count). The number of nitrogens with zero attached hydrogens (tertiary/aromatic N) is 1. The molecule has 3 aromatic heterocycles. The maximum atomic E-state index is 14.6. The van der Waals surface area contributed by atoms with Crippen molar-refractivity contribution >= 4 is 39.7 Å². The van der Waals surface area contributed by atoms with E-state index in [1.807, 2.05) is 0 Å². The number of aliphatic hydroxyl groups is 1. The first kappa shape index (κ1) is 35.5. The number of pyridine rings is 1. The average Bonchev–Trinajstić information content (AvgIpc) is 3.69. The number of allylic oxidation sites excluding steroid dienone is 4. The number of carbonyl (C=O) groups excluding carboxylic acids is 1. The van der Waals surface area contributed by atoms with E-state index in [2.05, 4.69) is 0 Å². The molecular formula is C31H23F11NO4S2+. The van der Waals surface area contributed by atoms with Crippen molar-refractivity contribution in [3.05, 3.63) is 64.2 Å². The Morgan fingerprint density at radius 2 is 1.57 bits per heavy atom. The van der Waals surface area contributed by atoms with Gasteiger partial charge in [-0.2, -0.15) is 48.5 Å². The Labute approximate surface area is 277 Å². The highest BCUT2D eigenvalue weighted by Crippen LogP contribution is 2.63. The van der Waals surface area contributed by atoms with Crippen LogP contribution in [0, 0.1) is 6.92 Å². The van der Waals surface area contributed by atoms with Crippen molar-refractivity contribution in [3.63, 3.8) is 0 Å². The van der Waals surface area contributed by atoms with Crippen LogP contribution in [0.15, 0.2) is 48.2 Å². The molecule has 0 spiro atoms. The highest BCUT2D eigenvalue weighted by Gasteiger charge is 2.81. The first-order valence-electron chi connectivity index (χ1n) is 14.5. The summed E-state index contributed by atoms with van der Waals surface area (Å²) in [6.07, 6.45) is 4.09. The summed E-state index contributed by atoms with van der Waals surface area (Å²) in [4.78, 5) is 12.8. The van der Waals surface area contributed by atoms with Gasteiger partial charge in [-0.25, -0.2) is 4.39 Å². The first-order chi connectivity index (χ1) is 22.7. The zero-order valence-corrected chi connectivity index (χ0v) is 26.5. The lowest BCUT2D eigenvalue weighted by atomic mass is 10.0. The molecule has 0 amide bonds. The number of carbonyl (C=O) groups is 1. The zero-order valence-electron chi connectivity index (χ0n) is 24.9. The van der Waals surface area contributed by atoms with E-state index in [1.54, 1.807) is 6.07 Å². The number of thiophene rings is 2. The van der Waals surface area contributed by atoms with Crippen molar-refractivity contribution in [3.8, 4) is 20.2 Å². The monoisotopic (exact) mass is 746 g/mol. The summed E-state index contributed by atoms with van der Waals surface area (Å²) in [5, 5.41) is 9.78. The zero-order chi connectivity index (χ0) is 35.9.